The molecule has 0 aliphatic carbocycles. The lowest BCUT2D eigenvalue weighted by atomic mass is 9.99. The van der Waals surface area contributed by atoms with Crippen molar-refractivity contribution in [3.05, 3.63) is 24.3 Å². The second kappa shape index (κ2) is 6.37. The molecular weight excluding hydrogens is 276 g/mol. The summed E-state index contributed by atoms with van der Waals surface area (Å²) in [5.41, 5.74) is 0.635. The average molecular weight is 296 g/mol. The highest BCUT2D eigenvalue weighted by atomic mass is 32.2. The summed E-state index contributed by atoms with van der Waals surface area (Å²) in [6.45, 7) is 3.28. The summed E-state index contributed by atoms with van der Waals surface area (Å²) in [7, 11) is -3.19. The Morgan fingerprint density at radius 1 is 1.35 bits per heavy atom. The van der Waals surface area contributed by atoms with Crippen LogP contribution in [0.5, 0.6) is 0 Å². The third kappa shape index (κ3) is 3.58. The molecule has 0 spiro atoms. The Hall–Kier alpha value is -1.40. The fourth-order valence-corrected chi connectivity index (χ4v) is 3.12. The van der Waals surface area contributed by atoms with Gasteiger partial charge in [-0.1, -0.05) is 6.92 Å². The molecule has 110 valence electrons. The van der Waals surface area contributed by atoms with E-state index in [0.29, 0.717) is 12.2 Å². The molecule has 0 bridgehead atoms. The maximum absolute atomic E-state index is 12.0. The molecule has 0 aromatic heterocycles. The number of carbonyl (C=O) groups is 1. The number of piperidine rings is 1. The van der Waals surface area contributed by atoms with Gasteiger partial charge in [-0.25, -0.2) is 8.42 Å². The van der Waals surface area contributed by atoms with Crippen LogP contribution in [0.3, 0.4) is 0 Å². The van der Waals surface area contributed by atoms with Crippen LogP contribution in [0.4, 0.5) is 5.69 Å². The Morgan fingerprint density at radius 3 is 2.60 bits per heavy atom. The molecule has 20 heavy (non-hydrogen) atoms. The summed E-state index contributed by atoms with van der Waals surface area (Å²) in [4.78, 5) is 12.3. The van der Waals surface area contributed by atoms with E-state index < -0.39 is 9.84 Å². The number of nitrogens with one attached hydrogen (secondary N) is 2. The smallest absolute Gasteiger partial charge is 0.228 e. The first-order chi connectivity index (χ1) is 9.53. The van der Waals surface area contributed by atoms with E-state index in [1.54, 1.807) is 19.1 Å². The number of rotatable bonds is 4. The van der Waals surface area contributed by atoms with E-state index in [9.17, 15) is 13.2 Å². The van der Waals surface area contributed by atoms with E-state index >= 15 is 0 Å². The molecule has 1 saturated heterocycles. The number of hydrogen-bond acceptors (Lipinski definition) is 4. The van der Waals surface area contributed by atoms with Gasteiger partial charge in [0.25, 0.3) is 0 Å². The molecule has 2 rings (SSSR count). The largest absolute Gasteiger partial charge is 0.326 e. The minimum atomic E-state index is -3.19. The SMILES string of the molecule is CCS(=O)(=O)c1ccc(NC(=O)[C@H]2CCCNC2)cc1. The molecular formula is C14H20N2O3S. The zero-order valence-corrected chi connectivity index (χ0v) is 12.4. The zero-order valence-electron chi connectivity index (χ0n) is 11.6. The van der Waals surface area contributed by atoms with Crippen molar-refractivity contribution in [1.82, 2.24) is 5.32 Å². The molecule has 1 aliphatic rings. The lowest BCUT2D eigenvalue weighted by molar-refractivity contribution is -0.120. The van der Waals surface area contributed by atoms with E-state index in [1.165, 1.54) is 12.1 Å². The van der Waals surface area contributed by atoms with E-state index in [4.69, 9.17) is 0 Å². The minimum Gasteiger partial charge on any atom is -0.326 e. The van der Waals surface area contributed by atoms with Gasteiger partial charge in [0.05, 0.1) is 16.6 Å². The predicted molar refractivity (Wildman–Crippen MR) is 78.4 cm³/mol. The van der Waals surface area contributed by atoms with Crippen LogP contribution in [-0.4, -0.2) is 33.2 Å². The molecule has 5 nitrogen and oxygen atoms in total. The Bertz CT molecular complexity index is 561. The standard InChI is InChI=1S/C14H20N2O3S/c1-2-20(18,19)13-7-5-12(6-8-13)16-14(17)11-4-3-9-15-10-11/h5-8,11,15H,2-4,9-10H2,1H3,(H,16,17)/t11-/m0/s1. The quantitative estimate of drug-likeness (QED) is 0.881. The van der Waals surface area contributed by atoms with Crippen LogP contribution in [0, 0.1) is 5.92 Å². The summed E-state index contributed by atoms with van der Waals surface area (Å²) in [5, 5.41) is 6.03. The van der Waals surface area contributed by atoms with Crippen molar-refractivity contribution in [2.24, 2.45) is 5.92 Å². The van der Waals surface area contributed by atoms with Crippen molar-refractivity contribution in [3.8, 4) is 0 Å². The Balaban J connectivity index is 2.02. The monoisotopic (exact) mass is 296 g/mol. The van der Waals surface area contributed by atoms with E-state index in [1.807, 2.05) is 0 Å². The molecule has 1 heterocycles. The molecule has 1 aromatic rings. The minimum absolute atomic E-state index is 0.0108. The van der Waals surface area contributed by atoms with Crippen LogP contribution in [0.25, 0.3) is 0 Å². The zero-order chi connectivity index (χ0) is 14.6. The van der Waals surface area contributed by atoms with Gasteiger partial charge in [-0.2, -0.15) is 0 Å². The fourth-order valence-electron chi connectivity index (χ4n) is 2.23. The molecule has 0 radical (unpaired) electrons. The van der Waals surface area contributed by atoms with Crippen LogP contribution in [-0.2, 0) is 14.6 Å². The third-order valence-electron chi connectivity index (χ3n) is 3.53. The molecule has 1 amide bonds. The van der Waals surface area contributed by atoms with Crippen LogP contribution in [0.1, 0.15) is 19.8 Å². The van der Waals surface area contributed by atoms with Gasteiger partial charge in [0, 0.05) is 12.2 Å². The first kappa shape index (κ1) is 15.0. The van der Waals surface area contributed by atoms with Crippen LogP contribution in [0.2, 0.25) is 0 Å². The Kier molecular flexibility index (Phi) is 4.77. The topological polar surface area (TPSA) is 75.3 Å². The predicted octanol–water partition coefficient (Wildman–Crippen LogP) is 1.42. The number of amides is 1. The normalized spacial score (nSPS) is 19.6. The van der Waals surface area contributed by atoms with Crippen molar-refractivity contribution in [2.75, 3.05) is 24.2 Å². The third-order valence-corrected chi connectivity index (χ3v) is 5.28. The van der Waals surface area contributed by atoms with Gasteiger partial charge in [-0.05, 0) is 43.7 Å². The molecule has 0 saturated carbocycles. The van der Waals surface area contributed by atoms with Gasteiger partial charge in [0.15, 0.2) is 9.84 Å². The number of hydrogen-bond donors (Lipinski definition) is 2. The van der Waals surface area contributed by atoms with Gasteiger partial charge in [-0.15, -0.1) is 0 Å². The van der Waals surface area contributed by atoms with Gasteiger partial charge < -0.3 is 10.6 Å². The summed E-state index contributed by atoms with van der Waals surface area (Å²) in [5.74, 6) is 0.0537. The molecule has 2 N–H and O–H groups in total. The van der Waals surface area contributed by atoms with Crippen molar-refractivity contribution >= 4 is 21.4 Å². The lowest BCUT2D eigenvalue weighted by Crippen LogP contribution is -2.37. The maximum Gasteiger partial charge on any atom is 0.228 e. The molecule has 0 unspecified atom stereocenters. The van der Waals surface area contributed by atoms with Gasteiger partial charge in [0.1, 0.15) is 0 Å². The molecule has 1 fully saturated rings. The van der Waals surface area contributed by atoms with E-state index in [0.717, 1.165) is 19.4 Å². The van der Waals surface area contributed by atoms with Crippen molar-refractivity contribution in [1.29, 1.82) is 0 Å². The van der Waals surface area contributed by atoms with E-state index in [-0.39, 0.29) is 22.5 Å². The first-order valence-electron chi connectivity index (χ1n) is 6.87. The average Bonchev–Trinajstić information content (AvgIpc) is 2.48. The van der Waals surface area contributed by atoms with Crippen LogP contribution < -0.4 is 10.6 Å². The first-order valence-corrected chi connectivity index (χ1v) is 8.52. The van der Waals surface area contributed by atoms with Gasteiger partial charge in [-0.3, -0.25) is 4.79 Å². The second-order valence-corrected chi connectivity index (χ2v) is 7.24. The molecule has 1 atom stereocenters. The summed E-state index contributed by atoms with van der Waals surface area (Å²) >= 11 is 0. The summed E-state index contributed by atoms with van der Waals surface area (Å²) < 4.78 is 23.4. The number of carbonyl (C=O) groups excluding carboxylic acids is 1. The fraction of sp³-hybridized carbons (Fsp3) is 0.500. The highest BCUT2D eigenvalue weighted by Crippen LogP contribution is 2.17. The molecule has 1 aromatic carbocycles. The second-order valence-electron chi connectivity index (χ2n) is 4.96. The van der Waals surface area contributed by atoms with E-state index in [2.05, 4.69) is 10.6 Å². The Labute approximate surface area is 119 Å². The van der Waals surface area contributed by atoms with Crippen molar-refractivity contribution in [2.45, 2.75) is 24.7 Å². The lowest BCUT2D eigenvalue weighted by Gasteiger charge is -2.21. The Morgan fingerprint density at radius 2 is 2.05 bits per heavy atom. The number of sulfone groups is 1. The number of anilines is 1. The van der Waals surface area contributed by atoms with Crippen LogP contribution in [0.15, 0.2) is 29.2 Å². The van der Waals surface area contributed by atoms with Gasteiger partial charge in [0.2, 0.25) is 5.91 Å². The summed E-state index contributed by atoms with van der Waals surface area (Å²) in [6, 6.07) is 6.34. The van der Waals surface area contributed by atoms with Crippen molar-refractivity contribution in [3.63, 3.8) is 0 Å². The molecule has 6 heteroatoms. The number of benzene rings is 1. The highest BCUT2D eigenvalue weighted by Gasteiger charge is 2.21. The summed E-state index contributed by atoms with van der Waals surface area (Å²) in [6.07, 6.45) is 1.90. The highest BCUT2D eigenvalue weighted by molar-refractivity contribution is 7.91. The molecule has 1 aliphatic heterocycles. The maximum atomic E-state index is 12.0. The van der Waals surface area contributed by atoms with Crippen LogP contribution >= 0.6 is 0 Å². The van der Waals surface area contributed by atoms with Gasteiger partial charge >= 0.3 is 0 Å². The van der Waals surface area contributed by atoms with Crippen molar-refractivity contribution < 1.29 is 13.2 Å².